The van der Waals surface area contributed by atoms with Crippen LogP contribution in [-0.4, -0.2) is 34.5 Å². The lowest BCUT2D eigenvalue weighted by Gasteiger charge is -2.29. The van der Waals surface area contributed by atoms with Crippen LogP contribution in [0, 0.1) is 0 Å². The summed E-state index contributed by atoms with van der Waals surface area (Å²) in [6.45, 7) is 8.76. The molecule has 1 aliphatic rings. The molecule has 5 rings (SSSR count). The minimum atomic E-state index is -0.181. The summed E-state index contributed by atoms with van der Waals surface area (Å²) in [6, 6.07) is 30.1. The number of allylic oxidation sites excluding steroid dienone is 2. The van der Waals surface area contributed by atoms with Crippen LogP contribution in [0.3, 0.4) is 0 Å². The van der Waals surface area contributed by atoms with E-state index >= 15 is 0 Å². The fraction of sp³-hybridized carbons (Fsp3) is 0.263. The fourth-order valence-corrected chi connectivity index (χ4v) is 5.81. The van der Waals surface area contributed by atoms with E-state index in [0.29, 0.717) is 0 Å². The van der Waals surface area contributed by atoms with Crippen LogP contribution in [0.15, 0.2) is 109 Å². The minimum absolute atomic E-state index is 0.00589. The predicted octanol–water partition coefficient (Wildman–Crippen LogP) is 9.41. The Balaban J connectivity index is 1.55. The molecular weight excluding hydrogens is 532 g/mol. The van der Waals surface area contributed by atoms with E-state index in [9.17, 15) is 0 Å². The topological polar surface area (TPSA) is 34.2 Å². The Bertz CT molecular complexity index is 1640. The van der Waals surface area contributed by atoms with Crippen LogP contribution in [0.1, 0.15) is 38.8 Å². The van der Waals surface area contributed by atoms with Crippen molar-refractivity contribution in [2.24, 2.45) is 0 Å². The Morgan fingerprint density at radius 1 is 0.698 bits per heavy atom. The van der Waals surface area contributed by atoms with Crippen molar-refractivity contribution >= 4 is 22.7 Å². The smallest absolute Gasteiger partial charge is 0.119 e. The van der Waals surface area contributed by atoms with Crippen molar-refractivity contribution in [3.05, 3.63) is 120 Å². The molecule has 0 heterocycles. The third-order valence-corrected chi connectivity index (χ3v) is 8.54. The zero-order chi connectivity index (χ0) is 30.7. The van der Waals surface area contributed by atoms with Gasteiger partial charge in [0.1, 0.15) is 11.5 Å². The second-order valence-corrected chi connectivity index (χ2v) is 11.4. The largest absolute Gasteiger partial charge is 0.497 e. The van der Waals surface area contributed by atoms with Gasteiger partial charge in [-0.1, -0.05) is 38.1 Å². The van der Waals surface area contributed by atoms with E-state index in [1.165, 1.54) is 22.3 Å². The van der Waals surface area contributed by atoms with Gasteiger partial charge in [0, 0.05) is 48.0 Å². The summed E-state index contributed by atoms with van der Waals surface area (Å²) < 4.78 is 16.3. The molecule has 0 saturated heterocycles. The zero-order valence-corrected chi connectivity index (χ0v) is 26.5. The maximum atomic E-state index is 5.50. The molecule has 0 fully saturated rings. The zero-order valence-electron chi connectivity index (χ0n) is 26.5. The Morgan fingerprint density at radius 3 is 1.70 bits per heavy atom. The van der Waals surface area contributed by atoms with Crippen molar-refractivity contribution in [3.8, 4) is 22.6 Å². The molecule has 1 unspecified atom stereocenters. The van der Waals surface area contributed by atoms with Crippen molar-refractivity contribution in [3.63, 3.8) is 0 Å². The first kappa shape index (κ1) is 30.0. The summed E-state index contributed by atoms with van der Waals surface area (Å²) in [6.07, 6.45) is 6.36. The molecule has 0 amide bonds. The van der Waals surface area contributed by atoms with Gasteiger partial charge in [0.25, 0.3) is 0 Å². The highest BCUT2D eigenvalue weighted by Crippen LogP contribution is 2.51. The first-order chi connectivity index (χ1) is 20.7. The highest BCUT2D eigenvalue weighted by Gasteiger charge is 2.36. The molecule has 0 radical (unpaired) electrons. The predicted molar refractivity (Wildman–Crippen MR) is 180 cm³/mol. The monoisotopic (exact) mass is 574 g/mol. The van der Waals surface area contributed by atoms with Crippen molar-refractivity contribution < 1.29 is 14.2 Å². The first-order valence-corrected chi connectivity index (χ1v) is 14.7. The average Bonchev–Trinajstić information content (AvgIpc) is 3.27. The van der Waals surface area contributed by atoms with Crippen LogP contribution in [0.2, 0.25) is 0 Å². The molecule has 0 aliphatic heterocycles. The lowest BCUT2D eigenvalue weighted by molar-refractivity contribution is 0.156. The molecular formula is C38H42N2O3. The number of methoxy groups -OCH3 is 3. The maximum absolute atomic E-state index is 5.50. The number of hydrogen-bond donors (Lipinski definition) is 0. The summed E-state index contributed by atoms with van der Waals surface area (Å²) >= 11 is 0. The van der Waals surface area contributed by atoms with Crippen LogP contribution in [0.4, 0.5) is 22.7 Å². The van der Waals surface area contributed by atoms with Crippen molar-refractivity contribution in [2.45, 2.75) is 39.2 Å². The van der Waals surface area contributed by atoms with Gasteiger partial charge in [-0.2, -0.15) is 0 Å². The van der Waals surface area contributed by atoms with Crippen LogP contribution in [0.5, 0.6) is 11.5 Å². The maximum Gasteiger partial charge on any atom is 0.119 e. The fourth-order valence-electron chi connectivity index (χ4n) is 5.81. The standard InChI is InChI=1S/C38H42N2O3/c1-9-27(11-10-26(2)41-6)40(29-14-20-33(43-8)21-15-29)31-17-23-35-34-22-16-30(24-36(34)38(3,4)37(35)25-31)39(5)28-12-18-32(42-7)19-13-28/h9-26H,1-8H3/b11-10-,27-9+. The summed E-state index contributed by atoms with van der Waals surface area (Å²) in [5.41, 5.74) is 10.5. The van der Waals surface area contributed by atoms with Gasteiger partial charge in [-0.25, -0.2) is 0 Å². The molecule has 5 heteroatoms. The van der Waals surface area contributed by atoms with Gasteiger partial charge in [-0.15, -0.1) is 0 Å². The van der Waals surface area contributed by atoms with Crippen molar-refractivity contribution in [1.82, 2.24) is 0 Å². The summed E-state index contributed by atoms with van der Waals surface area (Å²) in [5, 5.41) is 0. The van der Waals surface area contributed by atoms with Gasteiger partial charge in [0.2, 0.25) is 0 Å². The number of anilines is 4. The molecule has 43 heavy (non-hydrogen) atoms. The Hall–Kier alpha value is -4.48. The molecule has 0 spiro atoms. The molecule has 0 saturated carbocycles. The quantitative estimate of drug-likeness (QED) is 0.176. The number of fused-ring (bicyclic) bond motifs is 3. The molecule has 5 nitrogen and oxygen atoms in total. The summed E-state index contributed by atoms with van der Waals surface area (Å²) in [5.74, 6) is 1.68. The van der Waals surface area contributed by atoms with Crippen LogP contribution >= 0.6 is 0 Å². The molecule has 4 aromatic carbocycles. The number of ether oxygens (including phenoxy) is 3. The van der Waals surface area contributed by atoms with E-state index in [1.807, 2.05) is 31.2 Å². The molecule has 0 bridgehead atoms. The summed E-state index contributed by atoms with van der Waals surface area (Å²) in [7, 11) is 7.23. The van der Waals surface area contributed by atoms with Crippen molar-refractivity contribution in [2.75, 3.05) is 38.2 Å². The molecule has 4 aromatic rings. The van der Waals surface area contributed by atoms with E-state index in [1.54, 1.807) is 21.3 Å². The first-order valence-electron chi connectivity index (χ1n) is 14.7. The van der Waals surface area contributed by atoms with Crippen LogP contribution < -0.4 is 19.3 Å². The SMILES string of the molecule is C/C=C(\C=C/C(C)OC)N(c1ccc(OC)cc1)c1ccc2c(c1)C(C)(C)c1cc(N(C)c3ccc(OC)cc3)ccc1-2. The van der Waals surface area contributed by atoms with E-state index in [4.69, 9.17) is 14.2 Å². The van der Waals surface area contributed by atoms with E-state index in [-0.39, 0.29) is 11.5 Å². The normalized spacial score (nSPS) is 14.3. The lowest BCUT2D eigenvalue weighted by atomic mass is 9.82. The molecule has 0 aromatic heterocycles. The molecule has 222 valence electrons. The van der Waals surface area contributed by atoms with E-state index in [2.05, 4.69) is 117 Å². The molecule has 0 N–H and O–H groups in total. The number of benzene rings is 4. The number of rotatable bonds is 10. The Morgan fingerprint density at radius 2 is 1.19 bits per heavy atom. The molecule has 1 atom stereocenters. The second kappa shape index (κ2) is 12.4. The second-order valence-electron chi connectivity index (χ2n) is 11.4. The highest BCUT2D eigenvalue weighted by atomic mass is 16.5. The lowest BCUT2D eigenvalue weighted by Crippen LogP contribution is -2.19. The van der Waals surface area contributed by atoms with Crippen molar-refractivity contribution in [1.29, 1.82) is 0 Å². The third kappa shape index (κ3) is 5.78. The van der Waals surface area contributed by atoms with E-state index in [0.717, 1.165) is 39.9 Å². The average molecular weight is 575 g/mol. The van der Waals surface area contributed by atoms with Crippen LogP contribution in [0.25, 0.3) is 11.1 Å². The number of nitrogens with zero attached hydrogens (tertiary/aromatic N) is 2. The summed E-state index contributed by atoms with van der Waals surface area (Å²) in [4.78, 5) is 4.52. The van der Waals surface area contributed by atoms with Gasteiger partial charge in [0.05, 0.1) is 20.3 Å². The van der Waals surface area contributed by atoms with Crippen LogP contribution in [-0.2, 0) is 10.2 Å². The van der Waals surface area contributed by atoms with E-state index < -0.39 is 0 Å². The van der Waals surface area contributed by atoms with Gasteiger partial charge in [0.15, 0.2) is 0 Å². The third-order valence-electron chi connectivity index (χ3n) is 8.54. The Kier molecular flexibility index (Phi) is 8.65. The number of hydrogen-bond acceptors (Lipinski definition) is 5. The highest BCUT2D eigenvalue weighted by molar-refractivity contribution is 5.86. The van der Waals surface area contributed by atoms with Gasteiger partial charge < -0.3 is 24.0 Å². The Labute approximate surface area is 256 Å². The molecule has 1 aliphatic carbocycles. The van der Waals surface area contributed by atoms with Gasteiger partial charge in [-0.05, 0) is 115 Å². The van der Waals surface area contributed by atoms with Gasteiger partial charge in [-0.3, -0.25) is 0 Å². The van der Waals surface area contributed by atoms with Gasteiger partial charge >= 0.3 is 0 Å². The minimum Gasteiger partial charge on any atom is -0.497 e.